The Morgan fingerprint density at radius 1 is 1.30 bits per heavy atom. The molecular formula is C15H20N4O. The second kappa shape index (κ2) is 5.86. The molecular weight excluding hydrogens is 252 g/mol. The highest BCUT2D eigenvalue weighted by Gasteiger charge is 2.22. The van der Waals surface area contributed by atoms with Crippen molar-refractivity contribution in [3.05, 3.63) is 47.5 Å². The third-order valence-electron chi connectivity index (χ3n) is 3.32. The zero-order valence-electron chi connectivity index (χ0n) is 12.1. The van der Waals surface area contributed by atoms with Crippen LogP contribution in [-0.4, -0.2) is 27.6 Å². The Hall–Kier alpha value is -2.17. The minimum absolute atomic E-state index is 0.138. The summed E-state index contributed by atoms with van der Waals surface area (Å²) in [5, 5.41) is 9.55. The lowest BCUT2D eigenvalue weighted by Crippen LogP contribution is -2.37. The Bertz CT molecular complexity index is 575. The molecule has 0 atom stereocenters. The number of hydrogen-bond donors (Lipinski definition) is 2. The summed E-state index contributed by atoms with van der Waals surface area (Å²) in [6.45, 7) is 6.68. The van der Waals surface area contributed by atoms with Crippen LogP contribution in [0.2, 0.25) is 0 Å². The molecule has 20 heavy (non-hydrogen) atoms. The summed E-state index contributed by atoms with van der Waals surface area (Å²) in [6, 6.07) is 10.1. The lowest BCUT2D eigenvalue weighted by Gasteiger charge is -2.25. The predicted molar refractivity (Wildman–Crippen MR) is 77.6 cm³/mol. The summed E-state index contributed by atoms with van der Waals surface area (Å²) in [6.07, 6.45) is 0.732. The van der Waals surface area contributed by atoms with Crippen LogP contribution < -0.4 is 5.32 Å². The zero-order chi connectivity index (χ0) is 14.6. The number of nitrogens with zero attached hydrogens (tertiary/aromatic N) is 2. The van der Waals surface area contributed by atoms with Gasteiger partial charge in [-0.05, 0) is 5.56 Å². The molecule has 0 fully saturated rings. The summed E-state index contributed by atoms with van der Waals surface area (Å²) in [5.41, 5.74) is 1.05. The minimum atomic E-state index is -0.245. The predicted octanol–water partition coefficient (Wildman–Crippen LogP) is 2.07. The lowest BCUT2D eigenvalue weighted by atomic mass is 9.84. The van der Waals surface area contributed by atoms with Crippen molar-refractivity contribution in [2.75, 3.05) is 6.54 Å². The van der Waals surface area contributed by atoms with Gasteiger partial charge in [0.1, 0.15) is 5.82 Å². The molecule has 0 radical (unpaired) electrons. The first-order valence-corrected chi connectivity index (χ1v) is 6.78. The summed E-state index contributed by atoms with van der Waals surface area (Å²) >= 11 is 0. The Kier molecular flexibility index (Phi) is 4.17. The van der Waals surface area contributed by atoms with Crippen molar-refractivity contribution in [2.45, 2.75) is 32.6 Å². The molecule has 106 valence electrons. The van der Waals surface area contributed by atoms with Crippen LogP contribution in [0.3, 0.4) is 0 Å². The molecule has 0 saturated heterocycles. The largest absolute Gasteiger partial charge is 0.348 e. The molecule has 2 aromatic rings. The van der Waals surface area contributed by atoms with Gasteiger partial charge in [-0.3, -0.25) is 9.89 Å². The molecule has 1 heterocycles. The van der Waals surface area contributed by atoms with Gasteiger partial charge in [0.25, 0.3) is 5.91 Å². The van der Waals surface area contributed by atoms with Crippen LogP contribution >= 0.6 is 0 Å². The molecule has 0 aliphatic rings. The number of benzene rings is 1. The van der Waals surface area contributed by atoms with E-state index in [-0.39, 0.29) is 17.1 Å². The van der Waals surface area contributed by atoms with Crippen LogP contribution in [0.25, 0.3) is 0 Å². The van der Waals surface area contributed by atoms with Crippen LogP contribution in [0, 0.1) is 0 Å². The average molecular weight is 272 g/mol. The highest BCUT2D eigenvalue weighted by atomic mass is 16.2. The molecule has 0 aliphatic heterocycles. The van der Waals surface area contributed by atoms with Crippen molar-refractivity contribution in [1.29, 1.82) is 0 Å². The molecule has 0 spiro atoms. The number of nitrogens with one attached hydrogen (secondary N) is 2. The van der Waals surface area contributed by atoms with Gasteiger partial charge < -0.3 is 5.32 Å². The van der Waals surface area contributed by atoms with Crippen LogP contribution in [0.5, 0.6) is 0 Å². The molecule has 0 aliphatic carbocycles. The highest BCUT2D eigenvalue weighted by molar-refractivity contribution is 5.90. The topological polar surface area (TPSA) is 70.7 Å². The standard InChI is InChI=1S/C15H20N4O/c1-4-12-17-13(19-18-12)14(20)16-10-15(2,3)11-8-6-5-7-9-11/h5-9H,4,10H2,1-3H3,(H,16,20)(H,17,18,19). The third-order valence-corrected chi connectivity index (χ3v) is 3.32. The molecule has 2 rings (SSSR count). The van der Waals surface area contributed by atoms with Crippen molar-refractivity contribution in [2.24, 2.45) is 0 Å². The lowest BCUT2D eigenvalue weighted by molar-refractivity contribution is 0.0935. The number of amides is 1. The molecule has 2 N–H and O–H groups in total. The van der Waals surface area contributed by atoms with Gasteiger partial charge in [0.05, 0.1) is 0 Å². The summed E-state index contributed by atoms with van der Waals surface area (Å²) in [7, 11) is 0. The van der Waals surface area contributed by atoms with E-state index in [2.05, 4.69) is 46.5 Å². The fourth-order valence-electron chi connectivity index (χ4n) is 1.93. The molecule has 5 heteroatoms. The van der Waals surface area contributed by atoms with E-state index in [9.17, 15) is 4.79 Å². The second-order valence-corrected chi connectivity index (χ2v) is 5.39. The number of aromatic nitrogens is 3. The van der Waals surface area contributed by atoms with Gasteiger partial charge >= 0.3 is 0 Å². The average Bonchev–Trinajstić information content (AvgIpc) is 2.95. The molecule has 0 unspecified atom stereocenters. The van der Waals surface area contributed by atoms with Crippen LogP contribution in [0.15, 0.2) is 30.3 Å². The number of aromatic amines is 1. The second-order valence-electron chi connectivity index (χ2n) is 5.39. The van der Waals surface area contributed by atoms with Gasteiger partial charge in [0.2, 0.25) is 5.82 Å². The van der Waals surface area contributed by atoms with E-state index < -0.39 is 0 Å². The Labute approximate surface area is 118 Å². The number of hydrogen-bond acceptors (Lipinski definition) is 3. The maximum absolute atomic E-state index is 12.0. The van der Waals surface area contributed by atoms with Crippen LogP contribution in [0.1, 0.15) is 42.8 Å². The molecule has 0 bridgehead atoms. The zero-order valence-corrected chi connectivity index (χ0v) is 12.1. The number of aryl methyl sites for hydroxylation is 1. The van der Waals surface area contributed by atoms with E-state index in [0.29, 0.717) is 6.54 Å². The number of H-pyrrole nitrogens is 1. The van der Waals surface area contributed by atoms with E-state index in [0.717, 1.165) is 12.2 Å². The van der Waals surface area contributed by atoms with Crippen molar-refractivity contribution in [3.63, 3.8) is 0 Å². The number of carbonyl (C=O) groups is 1. The SMILES string of the molecule is CCc1nc(C(=O)NCC(C)(C)c2ccccc2)n[nH]1. The molecule has 5 nitrogen and oxygen atoms in total. The van der Waals surface area contributed by atoms with Crippen LogP contribution in [0.4, 0.5) is 0 Å². The quantitative estimate of drug-likeness (QED) is 0.875. The fraction of sp³-hybridized carbons (Fsp3) is 0.400. The fourth-order valence-corrected chi connectivity index (χ4v) is 1.93. The Balaban J connectivity index is 1.99. The number of rotatable bonds is 5. The van der Waals surface area contributed by atoms with Gasteiger partial charge in [0.15, 0.2) is 0 Å². The summed E-state index contributed by atoms with van der Waals surface area (Å²) in [4.78, 5) is 16.1. The van der Waals surface area contributed by atoms with Gasteiger partial charge in [0, 0.05) is 18.4 Å². The minimum Gasteiger partial charge on any atom is -0.348 e. The number of carbonyl (C=O) groups excluding carboxylic acids is 1. The monoisotopic (exact) mass is 272 g/mol. The normalized spacial score (nSPS) is 11.3. The maximum atomic E-state index is 12.0. The highest BCUT2D eigenvalue weighted by Crippen LogP contribution is 2.21. The van der Waals surface area contributed by atoms with E-state index in [1.165, 1.54) is 5.56 Å². The first-order chi connectivity index (χ1) is 9.53. The van der Waals surface area contributed by atoms with E-state index in [4.69, 9.17) is 0 Å². The van der Waals surface area contributed by atoms with Crippen molar-refractivity contribution >= 4 is 5.91 Å². The molecule has 0 saturated carbocycles. The molecule has 1 aromatic heterocycles. The van der Waals surface area contributed by atoms with Crippen LogP contribution in [-0.2, 0) is 11.8 Å². The van der Waals surface area contributed by atoms with E-state index in [1.54, 1.807) is 0 Å². The van der Waals surface area contributed by atoms with Crippen molar-refractivity contribution in [3.8, 4) is 0 Å². The third kappa shape index (κ3) is 3.23. The Morgan fingerprint density at radius 2 is 2.00 bits per heavy atom. The maximum Gasteiger partial charge on any atom is 0.290 e. The summed E-state index contributed by atoms with van der Waals surface area (Å²) < 4.78 is 0. The summed E-state index contributed by atoms with van der Waals surface area (Å²) in [5.74, 6) is 0.674. The van der Waals surface area contributed by atoms with Crippen molar-refractivity contribution < 1.29 is 4.79 Å². The van der Waals surface area contributed by atoms with Crippen molar-refractivity contribution in [1.82, 2.24) is 20.5 Å². The first-order valence-electron chi connectivity index (χ1n) is 6.78. The Morgan fingerprint density at radius 3 is 2.60 bits per heavy atom. The van der Waals surface area contributed by atoms with Gasteiger partial charge in [-0.2, -0.15) is 0 Å². The first kappa shape index (κ1) is 14.2. The van der Waals surface area contributed by atoms with E-state index in [1.807, 2.05) is 25.1 Å². The van der Waals surface area contributed by atoms with Gasteiger partial charge in [-0.25, -0.2) is 4.98 Å². The van der Waals surface area contributed by atoms with Gasteiger partial charge in [-0.1, -0.05) is 51.1 Å². The smallest absolute Gasteiger partial charge is 0.290 e. The molecule has 1 aromatic carbocycles. The molecule has 1 amide bonds. The van der Waals surface area contributed by atoms with Gasteiger partial charge in [-0.15, -0.1) is 5.10 Å². The van der Waals surface area contributed by atoms with E-state index >= 15 is 0 Å².